The fourth-order valence-corrected chi connectivity index (χ4v) is 3.68. The number of amides is 4. The van der Waals surface area contributed by atoms with Crippen LogP contribution in [-0.4, -0.2) is 29.4 Å². The van der Waals surface area contributed by atoms with Crippen molar-refractivity contribution in [1.29, 1.82) is 0 Å². The van der Waals surface area contributed by atoms with Gasteiger partial charge in [-0.2, -0.15) is 0 Å². The number of hydrogen-bond donors (Lipinski definition) is 1. The lowest BCUT2D eigenvalue weighted by atomic mass is 10.1. The van der Waals surface area contributed by atoms with Crippen molar-refractivity contribution < 1.29 is 28.8 Å². The van der Waals surface area contributed by atoms with E-state index < -0.39 is 22.8 Å². The zero-order valence-corrected chi connectivity index (χ0v) is 20.1. The predicted octanol–water partition coefficient (Wildman–Crippen LogP) is 4.55. The molecule has 3 aromatic rings. The monoisotopic (exact) mass is 501 g/mol. The number of aryl methyl sites for hydroxylation is 1. The number of barbiturate groups is 1. The van der Waals surface area contributed by atoms with E-state index in [1.165, 1.54) is 18.2 Å². The maximum atomic E-state index is 13.1. The largest absolute Gasteiger partial charge is 0.490 e. The summed E-state index contributed by atoms with van der Waals surface area (Å²) < 4.78 is 11.5. The molecule has 0 aliphatic carbocycles. The van der Waals surface area contributed by atoms with Crippen molar-refractivity contribution in [1.82, 2.24) is 5.32 Å². The fourth-order valence-electron chi connectivity index (χ4n) is 3.68. The first kappa shape index (κ1) is 25.1. The number of carbonyl (C=O) groups excluding carboxylic acids is 3. The van der Waals surface area contributed by atoms with Gasteiger partial charge in [-0.25, -0.2) is 9.69 Å². The Hall–Kier alpha value is -4.99. The summed E-state index contributed by atoms with van der Waals surface area (Å²) in [7, 11) is 0. The molecule has 3 aromatic carbocycles. The van der Waals surface area contributed by atoms with E-state index >= 15 is 0 Å². The Bertz CT molecular complexity index is 1410. The quantitative estimate of drug-likeness (QED) is 0.208. The zero-order chi connectivity index (χ0) is 26.5. The normalized spacial score (nSPS) is 14.5. The summed E-state index contributed by atoms with van der Waals surface area (Å²) >= 11 is 0. The smallest absolute Gasteiger partial charge is 0.335 e. The van der Waals surface area contributed by atoms with E-state index in [-0.39, 0.29) is 17.9 Å². The van der Waals surface area contributed by atoms with Crippen LogP contribution in [0.2, 0.25) is 0 Å². The molecule has 0 bridgehead atoms. The summed E-state index contributed by atoms with van der Waals surface area (Å²) in [5.41, 5.74) is 2.12. The van der Waals surface area contributed by atoms with Crippen molar-refractivity contribution in [3.05, 3.63) is 99.1 Å². The number of non-ortho nitro benzene ring substituents is 1. The molecule has 10 nitrogen and oxygen atoms in total. The molecule has 0 aromatic heterocycles. The third kappa shape index (κ3) is 5.64. The minimum atomic E-state index is -0.823. The third-order valence-corrected chi connectivity index (χ3v) is 5.49. The molecule has 1 fully saturated rings. The van der Waals surface area contributed by atoms with E-state index in [0.29, 0.717) is 34.9 Å². The molecule has 37 heavy (non-hydrogen) atoms. The highest BCUT2D eigenvalue weighted by Crippen LogP contribution is 2.31. The first-order valence-corrected chi connectivity index (χ1v) is 11.4. The summed E-state index contributed by atoms with van der Waals surface area (Å²) in [6.45, 7) is 4.06. The molecule has 4 amide bonds. The Morgan fingerprint density at radius 3 is 2.43 bits per heavy atom. The fraction of sp³-hybridized carbons (Fsp3) is 0.148. The Balaban J connectivity index is 1.59. The average molecular weight is 501 g/mol. The molecule has 1 heterocycles. The van der Waals surface area contributed by atoms with Gasteiger partial charge in [0.2, 0.25) is 0 Å². The second kappa shape index (κ2) is 10.7. The molecule has 1 aliphatic rings. The summed E-state index contributed by atoms with van der Waals surface area (Å²) in [5, 5.41) is 13.2. The van der Waals surface area contributed by atoms with Crippen molar-refractivity contribution in [2.24, 2.45) is 0 Å². The van der Waals surface area contributed by atoms with Crippen molar-refractivity contribution in [3.8, 4) is 11.5 Å². The predicted molar refractivity (Wildman–Crippen MR) is 135 cm³/mol. The summed E-state index contributed by atoms with van der Waals surface area (Å²) in [6, 6.07) is 16.9. The van der Waals surface area contributed by atoms with Gasteiger partial charge < -0.3 is 9.47 Å². The Morgan fingerprint density at radius 2 is 1.73 bits per heavy atom. The summed E-state index contributed by atoms with van der Waals surface area (Å²) in [5.74, 6) is -0.812. The molecule has 0 radical (unpaired) electrons. The van der Waals surface area contributed by atoms with Crippen LogP contribution in [0.1, 0.15) is 23.6 Å². The third-order valence-electron chi connectivity index (χ3n) is 5.49. The van der Waals surface area contributed by atoms with Crippen LogP contribution >= 0.6 is 0 Å². The lowest BCUT2D eigenvalue weighted by Crippen LogP contribution is -2.54. The number of urea groups is 1. The Labute approximate surface area is 212 Å². The van der Waals surface area contributed by atoms with Crippen LogP contribution in [-0.2, 0) is 16.2 Å². The van der Waals surface area contributed by atoms with Gasteiger partial charge in [-0.15, -0.1) is 0 Å². The highest BCUT2D eigenvalue weighted by molar-refractivity contribution is 6.39. The first-order chi connectivity index (χ1) is 17.8. The number of imide groups is 2. The van der Waals surface area contributed by atoms with E-state index in [1.807, 2.05) is 6.92 Å². The molecule has 4 rings (SSSR count). The maximum Gasteiger partial charge on any atom is 0.335 e. The maximum absolute atomic E-state index is 13.1. The number of ether oxygens (including phenoxy) is 2. The minimum Gasteiger partial charge on any atom is -0.490 e. The SMILES string of the molecule is CCOc1cc(/C=C2\C(=O)NC(=O)N(c3ccc(C)cc3)C2=O)ccc1OCc1cccc([N+](=O)[O-])c1. The van der Waals surface area contributed by atoms with Crippen LogP contribution in [0, 0.1) is 17.0 Å². The molecule has 1 saturated heterocycles. The number of nitrogens with zero attached hydrogens (tertiary/aromatic N) is 2. The highest BCUT2D eigenvalue weighted by Gasteiger charge is 2.36. The number of nitrogens with one attached hydrogen (secondary N) is 1. The van der Waals surface area contributed by atoms with E-state index in [2.05, 4.69) is 5.32 Å². The van der Waals surface area contributed by atoms with Crippen LogP contribution in [0.25, 0.3) is 6.08 Å². The van der Waals surface area contributed by atoms with Gasteiger partial charge in [-0.3, -0.25) is 25.0 Å². The molecule has 0 saturated carbocycles. The average Bonchev–Trinajstić information content (AvgIpc) is 2.87. The molecular weight excluding hydrogens is 478 g/mol. The number of carbonyl (C=O) groups is 3. The van der Waals surface area contributed by atoms with Gasteiger partial charge in [0.05, 0.1) is 17.2 Å². The molecule has 0 spiro atoms. The molecule has 1 N–H and O–H groups in total. The number of anilines is 1. The van der Waals surface area contributed by atoms with Crippen LogP contribution in [0.3, 0.4) is 0 Å². The molecule has 0 atom stereocenters. The van der Waals surface area contributed by atoms with E-state index in [0.717, 1.165) is 10.5 Å². The van der Waals surface area contributed by atoms with Crippen molar-refractivity contribution in [2.45, 2.75) is 20.5 Å². The topological polar surface area (TPSA) is 128 Å². The van der Waals surface area contributed by atoms with E-state index in [1.54, 1.807) is 61.5 Å². The van der Waals surface area contributed by atoms with Gasteiger partial charge in [0.25, 0.3) is 17.5 Å². The van der Waals surface area contributed by atoms with Gasteiger partial charge in [0, 0.05) is 12.1 Å². The summed E-state index contributed by atoms with van der Waals surface area (Å²) in [4.78, 5) is 49.5. The van der Waals surface area contributed by atoms with Gasteiger partial charge in [0.15, 0.2) is 11.5 Å². The second-order valence-corrected chi connectivity index (χ2v) is 8.15. The standard InChI is InChI=1S/C27H23N3O7/c1-3-36-24-15-18(9-12-23(24)37-16-19-5-4-6-21(13-19)30(34)35)14-22-25(31)28-27(33)29(26(22)32)20-10-7-17(2)8-11-20/h4-15H,3,16H2,1-2H3,(H,28,31,33)/b22-14+. The molecule has 0 unspecified atom stereocenters. The van der Waals surface area contributed by atoms with Crippen LogP contribution in [0.4, 0.5) is 16.2 Å². The zero-order valence-electron chi connectivity index (χ0n) is 20.1. The van der Waals surface area contributed by atoms with Crippen LogP contribution < -0.4 is 19.7 Å². The highest BCUT2D eigenvalue weighted by atomic mass is 16.6. The van der Waals surface area contributed by atoms with Crippen molar-refractivity contribution in [3.63, 3.8) is 0 Å². The van der Waals surface area contributed by atoms with Crippen molar-refractivity contribution >= 4 is 35.3 Å². The Kier molecular flexibility index (Phi) is 7.28. The number of rotatable bonds is 8. The van der Waals surface area contributed by atoms with E-state index in [9.17, 15) is 24.5 Å². The number of hydrogen-bond acceptors (Lipinski definition) is 7. The van der Waals surface area contributed by atoms with Crippen LogP contribution in [0.5, 0.6) is 11.5 Å². The number of nitro groups is 1. The molecular formula is C27H23N3O7. The van der Waals surface area contributed by atoms with E-state index in [4.69, 9.17) is 9.47 Å². The minimum absolute atomic E-state index is 0.0401. The van der Waals surface area contributed by atoms with Crippen LogP contribution in [0.15, 0.2) is 72.3 Å². The first-order valence-electron chi connectivity index (χ1n) is 11.4. The van der Waals surface area contributed by atoms with Gasteiger partial charge in [0.1, 0.15) is 12.2 Å². The lowest BCUT2D eigenvalue weighted by molar-refractivity contribution is -0.384. The van der Waals surface area contributed by atoms with Crippen molar-refractivity contribution in [2.75, 3.05) is 11.5 Å². The lowest BCUT2D eigenvalue weighted by Gasteiger charge is -2.26. The second-order valence-electron chi connectivity index (χ2n) is 8.15. The van der Waals surface area contributed by atoms with Gasteiger partial charge in [-0.05, 0) is 55.3 Å². The van der Waals surface area contributed by atoms with Gasteiger partial charge in [-0.1, -0.05) is 35.9 Å². The molecule has 10 heteroatoms. The number of benzene rings is 3. The summed E-state index contributed by atoms with van der Waals surface area (Å²) in [6.07, 6.45) is 1.37. The molecule has 188 valence electrons. The molecule has 1 aliphatic heterocycles. The van der Waals surface area contributed by atoms with Gasteiger partial charge >= 0.3 is 6.03 Å². The number of nitro benzene ring substituents is 1. The Morgan fingerprint density at radius 1 is 0.973 bits per heavy atom.